The predicted molar refractivity (Wildman–Crippen MR) is 84.3 cm³/mol. The summed E-state index contributed by atoms with van der Waals surface area (Å²) in [5.41, 5.74) is -0.399. The Hall–Kier alpha value is -0.650. The summed E-state index contributed by atoms with van der Waals surface area (Å²) in [4.78, 5) is 17.7. The van der Waals surface area contributed by atoms with Crippen molar-refractivity contribution in [3.8, 4) is 0 Å². The van der Waals surface area contributed by atoms with E-state index < -0.39 is 5.54 Å². The van der Waals surface area contributed by atoms with E-state index in [-0.39, 0.29) is 5.91 Å². The molecule has 2 N–H and O–H groups in total. The molecular weight excluding hydrogens is 264 g/mol. The minimum Gasteiger partial charge on any atom is -0.350 e. The summed E-state index contributed by atoms with van der Waals surface area (Å²) >= 11 is 0. The van der Waals surface area contributed by atoms with Gasteiger partial charge in [0.2, 0.25) is 5.91 Å². The largest absolute Gasteiger partial charge is 0.350 e. The summed E-state index contributed by atoms with van der Waals surface area (Å²) in [6.45, 7) is 10.4. The monoisotopic (exact) mass is 294 g/mol. The highest BCUT2D eigenvalue weighted by Gasteiger charge is 2.40. The fourth-order valence-electron chi connectivity index (χ4n) is 4.13. The van der Waals surface area contributed by atoms with Gasteiger partial charge in [0.1, 0.15) is 0 Å². The average Bonchev–Trinajstić information content (AvgIpc) is 2.91. The number of carbonyl (C=O) groups excluding carboxylic acids is 1. The molecular formula is C16H30N4O. The lowest BCUT2D eigenvalue weighted by atomic mass is 9.96. The number of fused-ring (bicyclic) bond motifs is 1. The minimum atomic E-state index is -0.399. The number of nitrogens with zero attached hydrogens (tertiary/aromatic N) is 2. The lowest BCUT2D eigenvalue weighted by molar-refractivity contribution is -0.133. The Morgan fingerprint density at radius 3 is 2.62 bits per heavy atom. The van der Waals surface area contributed by atoms with Crippen LogP contribution in [0.2, 0.25) is 0 Å². The van der Waals surface area contributed by atoms with Gasteiger partial charge in [-0.2, -0.15) is 0 Å². The van der Waals surface area contributed by atoms with Gasteiger partial charge in [0, 0.05) is 44.8 Å². The van der Waals surface area contributed by atoms with E-state index in [1.165, 1.54) is 25.8 Å². The van der Waals surface area contributed by atoms with Crippen molar-refractivity contribution in [2.45, 2.75) is 57.2 Å². The molecule has 3 fully saturated rings. The highest BCUT2D eigenvalue weighted by molar-refractivity contribution is 5.85. The van der Waals surface area contributed by atoms with Crippen LogP contribution in [-0.4, -0.2) is 72.6 Å². The van der Waals surface area contributed by atoms with Gasteiger partial charge in [0.25, 0.3) is 0 Å². The molecule has 120 valence electrons. The van der Waals surface area contributed by atoms with Crippen LogP contribution in [0.1, 0.15) is 39.5 Å². The van der Waals surface area contributed by atoms with Crippen molar-refractivity contribution >= 4 is 5.91 Å². The number of piperazine rings is 1. The van der Waals surface area contributed by atoms with Gasteiger partial charge in [-0.1, -0.05) is 6.42 Å². The molecule has 0 aromatic rings. The zero-order chi connectivity index (χ0) is 14.9. The number of hydrogen-bond donors (Lipinski definition) is 2. The third kappa shape index (κ3) is 3.10. The Morgan fingerprint density at radius 1 is 1.10 bits per heavy atom. The van der Waals surface area contributed by atoms with E-state index in [1.807, 2.05) is 0 Å². The van der Waals surface area contributed by atoms with Crippen LogP contribution in [0.4, 0.5) is 0 Å². The van der Waals surface area contributed by atoms with Crippen LogP contribution >= 0.6 is 0 Å². The van der Waals surface area contributed by atoms with Crippen LogP contribution < -0.4 is 10.6 Å². The highest BCUT2D eigenvalue weighted by atomic mass is 16.2. The van der Waals surface area contributed by atoms with Gasteiger partial charge in [-0.25, -0.2) is 0 Å². The molecule has 5 heteroatoms. The van der Waals surface area contributed by atoms with Gasteiger partial charge >= 0.3 is 0 Å². The Labute approximate surface area is 128 Å². The maximum absolute atomic E-state index is 12.8. The van der Waals surface area contributed by atoms with Crippen LogP contribution in [0, 0.1) is 0 Å². The molecule has 0 aliphatic carbocycles. The Morgan fingerprint density at radius 2 is 1.86 bits per heavy atom. The quantitative estimate of drug-likeness (QED) is 0.792. The van der Waals surface area contributed by atoms with Gasteiger partial charge in [0.15, 0.2) is 0 Å². The first-order valence-electron chi connectivity index (χ1n) is 8.60. The third-order valence-corrected chi connectivity index (χ3v) is 5.64. The first-order valence-corrected chi connectivity index (χ1v) is 8.60. The van der Waals surface area contributed by atoms with Gasteiger partial charge in [-0.15, -0.1) is 0 Å². The van der Waals surface area contributed by atoms with E-state index in [2.05, 4.69) is 34.3 Å². The van der Waals surface area contributed by atoms with Crippen LogP contribution in [0.25, 0.3) is 0 Å². The van der Waals surface area contributed by atoms with Crippen LogP contribution in [-0.2, 0) is 4.79 Å². The van der Waals surface area contributed by atoms with E-state index in [0.717, 1.165) is 39.1 Å². The molecule has 0 aromatic carbocycles. The molecule has 3 saturated heterocycles. The standard InChI is InChI=1S/C16H30N4O/c1-16(2,20-11-7-17-8-12-20)15(21)18-13-6-10-19-9-4-3-5-14(13)19/h13-14,17H,3-12H2,1-2H3,(H,18,21). The van der Waals surface area contributed by atoms with Gasteiger partial charge in [0.05, 0.1) is 5.54 Å². The number of hydrogen-bond acceptors (Lipinski definition) is 4. The lowest BCUT2D eigenvalue weighted by Gasteiger charge is -2.41. The molecule has 0 radical (unpaired) electrons. The zero-order valence-corrected chi connectivity index (χ0v) is 13.5. The first-order chi connectivity index (χ1) is 10.1. The lowest BCUT2D eigenvalue weighted by Crippen LogP contribution is -2.62. The summed E-state index contributed by atoms with van der Waals surface area (Å²) in [6.07, 6.45) is 5.01. The van der Waals surface area contributed by atoms with E-state index in [1.54, 1.807) is 0 Å². The minimum absolute atomic E-state index is 0.210. The van der Waals surface area contributed by atoms with Crippen LogP contribution in [0.3, 0.4) is 0 Å². The number of rotatable bonds is 3. The van der Waals surface area contributed by atoms with Crippen molar-refractivity contribution in [3.63, 3.8) is 0 Å². The van der Waals surface area contributed by atoms with Gasteiger partial charge in [-0.05, 0) is 39.7 Å². The van der Waals surface area contributed by atoms with Crippen molar-refractivity contribution in [2.75, 3.05) is 39.3 Å². The molecule has 3 aliphatic heterocycles. The second-order valence-corrected chi connectivity index (χ2v) is 7.26. The van der Waals surface area contributed by atoms with Crippen molar-refractivity contribution < 1.29 is 4.79 Å². The number of piperidine rings is 1. The van der Waals surface area contributed by atoms with E-state index in [9.17, 15) is 4.79 Å². The molecule has 0 bridgehead atoms. The van der Waals surface area contributed by atoms with Crippen molar-refractivity contribution in [1.29, 1.82) is 0 Å². The predicted octanol–water partition coefficient (Wildman–Crippen LogP) is 0.413. The smallest absolute Gasteiger partial charge is 0.240 e. The average molecular weight is 294 g/mol. The molecule has 2 atom stereocenters. The fourth-order valence-corrected chi connectivity index (χ4v) is 4.13. The normalized spacial score (nSPS) is 31.9. The molecule has 3 aliphatic rings. The second kappa shape index (κ2) is 6.23. The third-order valence-electron chi connectivity index (χ3n) is 5.64. The Kier molecular flexibility index (Phi) is 4.52. The topological polar surface area (TPSA) is 47.6 Å². The molecule has 3 rings (SSSR count). The van der Waals surface area contributed by atoms with E-state index in [0.29, 0.717) is 12.1 Å². The maximum atomic E-state index is 12.8. The highest BCUT2D eigenvalue weighted by Crippen LogP contribution is 2.28. The van der Waals surface area contributed by atoms with E-state index in [4.69, 9.17) is 0 Å². The summed E-state index contributed by atoms with van der Waals surface area (Å²) < 4.78 is 0. The van der Waals surface area contributed by atoms with Crippen molar-refractivity contribution in [2.24, 2.45) is 0 Å². The molecule has 5 nitrogen and oxygen atoms in total. The maximum Gasteiger partial charge on any atom is 0.240 e. The summed E-state index contributed by atoms with van der Waals surface area (Å²) in [6, 6.07) is 0.946. The molecule has 0 aromatic heterocycles. The summed E-state index contributed by atoms with van der Waals surface area (Å²) in [5.74, 6) is 0.210. The molecule has 1 amide bonds. The number of carbonyl (C=O) groups is 1. The fraction of sp³-hybridized carbons (Fsp3) is 0.938. The summed E-state index contributed by atoms with van der Waals surface area (Å²) in [7, 11) is 0. The molecule has 3 heterocycles. The van der Waals surface area contributed by atoms with Gasteiger partial charge < -0.3 is 10.6 Å². The van der Waals surface area contributed by atoms with Crippen LogP contribution in [0.15, 0.2) is 0 Å². The Balaban J connectivity index is 1.60. The second-order valence-electron chi connectivity index (χ2n) is 7.26. The molecule has 0 saturated carbocycles. The Bertz CT molecular complexity index is 378. The summed E-state index contributed by atoms with van der Waals surface area (Å²) in [5, 5.41) is 6.73. The van der Waals surface area contributed by atoms with Crippen molar-refractivity contribution in [1.82, 2.24) is 20.4 Å². The SMILES string of the molecule is CC(C)(C(=O)NC1CCN2CCCCC12)N1CCNCC1. The number of amides is 1. The number of nitrogens with one attached hydrogen (secondary N) is 2. The molecule has 2 unspecified atom stereocenters. The molecule has 21 heavy (non-hydrogen) atoms. The van der Waals surface area contributed by atoms with E-state index >= 15 is 0 Å². The zero-order valence-electron chi connectivity index (χ0n) is 13.5. The van der Waals surface area contributed by atoms with Crippen LogP contribution in [0.5, 0.6) is 0 Å². The van der Waals surface area contributed by atoms with Crippen molar-refractivity contribution in [3.05, 3.63) is 0 Å². The first kappa shape index (κ1) is 15.3. The van der Waals surface area contributed by atoms with Gasteiger partial charge in [-0.3, -0.25) is 14.6 Å². The molecule has 0 spiro atoms.